The molecule has 0 aliphatic carbocycles. The van der Waals surface area contributed by atoms with Crippen molar-refractivity contribution in [2.24, 2.45) is 5.92 Å². The molecule has 1 N–H and O–H groups in total. The van der Waals surface area contributed by atoms with Gasteiger partial charge < -0.3 is 5.11 Å². The zero-order valence-corrected chi connectivity index (χ0v) is 11.5. The highest BCUT2D eigenvalue weighted by Crippen LogP contribution is 2.21. The third-order valence-corrected chi connectivity index (χ3v) is 4.38. The van der Waals surface area contributed by atoms with Crippen LogP contribution in [-0.2, 0) is 6.54 Å². The van der Waals surface area contributed by atoms with Gasteiger partial charge in [0.05, 0.1) is 6.10 Å². The van der Waals surface area contributed by atoms with Crippen LogP contribution in [0.2, 0.25) is 0 Å². The van der Waals surface area contributed by atoms with Gasteiger partial charge in [0.2, 0.25) is 0 Å². The van der Waals surface area contributed by atoms with Crippen LogP contribution in [0.15, 0.2) is 30.3 Å². The van der Waals surface area contributed by atoms with E-state index in [1.165, 1.54) is 5.56 Å². The summed E-state index contributed by atoms with van der Waals surface area (Å²) in [6.45, 7) is 2.90. The number of rotatable bonds is 3. The summed E-state index contributed by atoms with van der Waals surface area (Å²) < 4.78 is 1.07. The Morgan fingerprint density at radius 2 is 2.06 bits per heavy atom. The molecule has 2 atom stereocenters. The predicted molar refractivity (Wildman–Crippen MR) is 74.7 cm³/mol. The smallest absolute Gasteiger partial charge is 0.0703 e. The number of alkyl halides is 1. The quantitative estimate of drug-likeness (QED) is 0.679. The highest BCUT2D eigenvalue weighted by molar-refractivity contribution is 14.1. The number of halogens is 1. The zero-order valence-electron chi connectivity index (χ0n) is 9.35. The molecule has 16 heavy (non-hydrogen) atoms. The Balaban J connectivity index is 1.89. The van der Waals surface area contributed by atoms with Crippen LogP contribution in [0.5, 0.6) is 0 Å². The van der Waals surface area contributed by atoms with Gasteiger partial charge in [-0.2, -0.15) is 0 Å². The number of likely N-dealkylation sites (tertiary alicyclic amines) is 1. The fourth-order valence-electron chi connectivity index (χ4n) is 2.21. The number of β-amino-alcohol motifs (C(OH)–C–C–N with tert-alkyl or cyclic N) is 1. The van der Waals surface area contributed by atoms with Crippen molar-refractivity contribution in [1.82, 2.24) is 4.90 Å². The molecule has 1 aromatic rings. The molecule has 1 saturated heterocycles. The van der Waals surface area contributed by atoms with Gasteiger partial charge in [-0.1, -0.05) is 52.9 Å². The van der Waals surface area contributed by atoms with Crippen molar-refractivity contribution in [2.45, 2.75) is 19.1 Å². The second-order valence-corrected chi connectivity index (χ2v) is 5.37. The molecule has 2 rings (SSSR count). The highest BCUT2D eigenvalue weighted by Gasteiger charge is 2.26. The van der Waals surface area contributed by atoms with Gasteiger partial charge >= 0.3 is 0 Å². The van der Waals surface area contributed by atoms with Gasteiger partial charge in [0, 0.05) is 17.5 Å². The average Bonchev–Trinajstić information content (AvgIpc) is 2.31. The number of hydrogen-bond donors (Lipinski definition) is 1. The maximum absolute atomic E-state index is 9.97. The van der Waals surface area contributed by atoms with E-state index in [2.05, 4.69) is 51.8 Å². The van der Waals surface area contributed by atoms with Crippen molar-refractivity contribution in [3.05, 3.63) is 35.9 Å². The number of nitrogens with zero attached hydrogens (tertiary/aromatic N) is 1. The monoisotopic (exact) mass is 331 g/mol. The van der Waals surface area contributed by atoms with E-state index in [1.54, 1.807) is 0 Å². The molecule has 1 aromatic carbocycles. The molecule has 1 fully saturated rings. The van der Waals surface area contributed by atoms with E-state index in [1.807, 2.05) is 6.07 Å². The van der Waals surface area contributed by atoms with E-state index in [9.17, 15) is 5.11 Å². The Hall–Kier alpha value is -0.130. The van der Waals surface area contributed by atoms with Crippen LogP contribution >= 0.6 is 22.6 Å². The van der Waals surface area contributed by atoms with E-state index >= 15 is 0 Å². The van der Waals surface area contributed by atoms with Gasteiger partial charge in [-0.25, -0.2) is 0 Å². The highest BCUT2D eigenvalue weighted by atomic mass is 127. The molecule has 88 valence electrons. The number of aliphatic hydroxyl groups is 1. The number of piperidine rings is 1. The van der Waals surface area contributed by atoms with Gasteiger partial charge in [-0.3, -0.25) is 4.90 Å². The van der Waals surface area contributed by atoms with Gasteiger partial charge in [0.15, 0.2) is 0 Å². The Kier molecular flexibility index (Phi) is 4.61. The Morgan fingerprint density at radius 1 is 1.31 bits per heavy atom. The van der Waals surface area contributed by atoms with E-state index in [0.717, 1.165) is 30.5 Å². The Labute approximate surface area is 111 Å². The molecule has 0 unspecified atom stereocenters. The minimum absolute atomic E-state index is 0.144. The van der Waals surface area contributed by atoms with Crippen LogP contribution in [0.3, 0.4) is 0 Å². The standard InChI is InChI=1S/C13H18INO/c14-8-12-6-7-15(10-13(12)16)9-11-4-2-1-3-5-11/h1-5,12-13,16H,6-10H2/t12-,13+/m0/s1. The van der Waals surface area contributed by atoms with E-state index in [0.29, 0.717) is 5.92 Å². The first kappa shape index (κ1) is 12.3. The summed E-state index contributed by atoms with van der Waals surface area (Å²) in [6, 6.07) is 10.5. The van der Waals surface area contributed by atoms with Gasteiger partial charge in [0.1, 0.15) is 0 Å². The first-order valence-corrected chi connectivity index (χ1v) is 7.32. The molecule has 2 nitrogen and oxygen atoms in total. The topological polar surface area (TPSA) is 23.5 Å². The second-order valence-electron chi connectivity index (χ2n) is 4.49. The first-order valence-electron chi connectivity index (χ1n) is 5.80. The summed E-state index contributed by atoms with van der Waals surface area (Å²) in [4.78, 5) is 2.35. The third kappa shape index (κ3) is 3.18. The number of benzene rings is 1. The lowest BCUT2D eigenvalue weighted by atomic mass is 9.96. The maximum atomic E-state index is 9.97. The Bertz CT molecular complexity index is 317. The molecule has 0 spiro atoms. The van der Waals surface area contributed by atoms with E-state index in [-0.39, 0.29) is 6.10 Å². The molecule has 1 aliphatic rings. The molecule has 0 saturated carbocycles. The lowest BCUT2D eigenvalue weighted by Gasteiger charge is -2.35. The van der Waals surface area contributed by atoms with Crippen molar-refractivity contribution in [2.75, 3.05) is 17.5 Å². The molecule has 0 amide bonds. The van der Waals surface area contributed by atoms with Crippen molar-refractivity contribution in [1.29, 1.82) is 0 Å². The second kappa shape index (κ2) is 5.98. The SMILES string of the molecule is O[C@@H]1CN(Cc2ccccc2)CC[C@H]1CI. The lowest BCUT2D eigenvalue weighted by molar-refractivity contribution is 0.0288. The molecule has 0 bridgehead atoms. The van der Waals surface area contributed by atoms with Crippen LogP contribution in [0.4, 0.5) is 0 Å². The fraction of sp³-hybridized carbons (Fsp3) is 0.538. The third-order valence-electron chi connectivity index (χ3n) is 3.25. The fourth-order valence-corrected chi connectivity index (χ4v) is 3.24. The summed E-state index contributed by atoms with van der Waals surface area (Å²) in [6.07, 6.45) is 0.978. The normalized spacial score (nSPS) is 26.9. The first-order chi connectivity index (χ1) is 7.79. The van der Waals surface area contributed by atoms with Crippen LogP contribution in [-0.4, -0.2) is 33.6 Å². The summed E-state index contributed by atoms with van der Waals surface area (Å²) >= 11 is 2.37. The van der Waals surface area contributed by atoms with Crippen LogP contribution in [0.25, 0.3) is 0 Å². The molecule has 3 heteroatoms. The van der Waals surface area contributed by atoms with Gasteiger partial charge in [-0.05, 0) is 24.4 Å². The molecule has 0 aromatic heterocycles. The van der Waals surface area contributed by atoms with Gasteiger partial charge in [0.25, 0.3) is 0 Å². The van der Waals surface area contributed by atoms with Crippen molar-refractivity contribution >= 4 is 22.6 Å². The van der Waals surface area contributed by atoms with Crippen LogP contribution in [0.1, 0.15) is 12.0 Å². The summed E-state index contributed by atoms with van der Waals surface area (Å²) in [7, 11) is 0. The van der Waals surface area contributed by atoms with Crippen molar-refractivity contribution in [3.8, 4) is 0 Å². The molecule has 1 aliphatic heterocycles. The Morgan fingerprint density at radius 3 is 2.69 bits per heavy atom. The van der Waals surface area contributed by atoms with E-state index < -0.39 is 0 Å². The minimum Gasteiger partial charge on any atom is -0.391 e. The summed E-state index contributed by atoms with van der Waals surface area (Å²) in [5, 5.41) is 9.97. The zero-order chi connectivity index (χ0) is 11.4. The molecular formula is C13H18INO. The van der Waals surface area contributed by atoms with E-state index in [4.69, 9.17) is 0 Å². The lowest BCUT2D eigenvalue weighted by Crippen LogP contribution is -2.43. The maximum Gasteiger partial charge on any atom is 0.0703 e. The summed E-state index contributed by atoms with van der Waals surface area (Å²) in [5.74, 6) is 0.493. The van der Waals surface area contributed by atoms with Gasteiger partial charge in [-0.15, -0.1) is 0 Å². The predicted octanol–water partition coefficient (Wildman–Crippen LogP) is 2.30. The summed E-state index contributed by atoms with van der Waals surface area (Å²) in [5.41, 5.74) is 1.34. The molecular weight excluding hydrogens is 313 g/mol. The van der Waals surface area contributed by atoms with Crippen molar-refractivity contribution < 1.29 is 5.11 Å². The number of aliphatic hydroxyl groups excluding tert-OH is 1. The van der Waals surface area contributed by atoms with Crippen LogP contribution in [0, 0.1) is 5.92 Å². The molecule has 1 heterocycles. The largest absolute Gasteiger partial charge is 0.391 e. The van der Waals surface area contributed by atoms with Crippen LogP contribution < -0.4 is 0 Å². The number of hydrogen-bond acceptors (Lipinski definition) is 2. The van der Waals surface area contributed by atoms with Crippen molar-refractivity contribution in [3.63, 3.8) is 0 Å². The average molecular weight is 331 g/mol. The molecule has 0 radical (unpaired) electrons. The minimum atomic E-state index is -0.144.